The lowest BCUT2D eigenvalue weighted by molar-refractivity contribution is -0.167. The fourth-order valence-electron chi connectivity index (χ4n) is 10.4. The van der Waals surface area contributed by atoms with Gasteiger partial charge in [-0.3, -0.25) is 14.4 Å². The van der Waals surface area contributed by atoms with E-state index >= 15 is 0 Å². The minimum absolute atomic E-state index is 0.0920. The molecule has 0 rings (SSSR count). The molecule has 0 aromatic carbocycles. The minimum atomic E-state index is -0.802. The molecule has 460 valence electrons. The van der Waals surface area contributed by atoms with Crippen molar-refractivity contribution in [2.45, 2.75) is 374 Å². The third kappa shape index (κ3) is 65.8. The second-order valence-corrected chi connectivity index (χ2v) is 23.4. The highest BCUT2D eigenvalue weighted by molar-refractivity contribution is 5.71. The van der Waals surface area contributed by atoms with Gasteiger partial charge in [0, 0.05) is 19.3 Å². The van der Waals surface area contributed by atoms with Crippen LogP contribution in [0.5, 0.6) is 0 Å². The van der Waals surface area contributed by atoms with Crippen LogP contribution in [-0.2, 0) is 28.6 Å². The van der Waals surface area contributed by atoms with Crippen molar-refractivity contribution in [3.63, 3.8) is 0 Å². The number of unbranched alkanes of at least 4 members (excludes halogenated alkanes) is 43. The van der Waals surface area contributed by atoms with E-state index in [1.807, 2.05) is 0 Å². The molecule has 0 bridgehead atoms. The summed E-state index contributed by atoms with van der Waals surface area (Å²) in [4.78, 5) is 38.4. The molecule has 1 unspecified atom stereocenters. The smallest absolute Gasteiger partial charge is 0.306 e. The second kappa shape index (κ2) is 67.6. The molecule has 0 fully saturated rings. The number of esters is 3. The average Bonchev–Trinajstić information content (AvgIpc) is 3.45. The van der Waals surface area contributed by atoms with Crippen LogP contribution in [0.4, 0.5) is 0 Å². The molecule has 0 aromatic heterocycles. The molecule has 0 amide bonds. The van der Waals surface area contributed by atoms with E-state index in [2.05, 4.69) is 81.5 Å². The first-order valence-corrected chi connectivity index (χ1v) is 34.8. The summed E-state index contributed by atoms with van der Waals surface area (Å²) < 4.78 is 16.9. The largest absolute Gasteiger partial charge is 0.462 e. The van der Waals surface area contributed by atoms with Crippen LogP contribution in [0, 0.1) is 0 Å². The normalized spacial score (nSPS) is 12.4. The summed E-state index contributed by atoms with van der Waals surface area (Å²) in [5.41, 5.74) is 0. The Morgan fingerprint density at radius 1 is 0.266 bits per heavy atom. The monoisotopic (exact) mass is 1110 g/mol. The van der Waals surface area contributed by atoms with Crippen LogP contribution < -0.4 is 0 Å². The molecule has 0 N–H and O–H groups in total. The van der Waals surface area contributed by atoms with Crippen LogP contribution in [-0.4, -0.2) is 37.2 Å². The summed E-state index contributed by atoms with van der Waals surface area (Å²) in [5, 5.41) is 0. The van der Waals surface area contributed by atoms with Crippen LogP contribution in [0.1, 0.15) is 367 Å². The van der Waals surface area contributed by atoms with Crippen LogP contribution >= 0.6 is 0 Å². The molecular formula is C73H132O6. The van der Waals surface area contributed by atoms with E-state index in [-0.39, 0.29) is 37.5 Å². The number of carbonyl (C=O) groups excluding carboxylic acids is 3. The molecule has 0 aliphatic carbocycles. The van der Waals surface area contributed by atoms with E-state index < -0.39 is 6.10 Å². The van der Waals surface area contributed by atoms with Crippen molar-refractivity contribution in [1.29, 1.82) is 0 Å². The van der Waals surface area contributed by atoms with Crippen molar-refractivity contribution >= 4 is 17.9 Å². The number of carbonyl (C=O) groups is 3. The first-order valence-electron chi connectivity index (χ1n) is 34.8. The van der Waals surface area contributed by atoms with E-state index in [0.29, 0.717) is 19.3 Å². The maximum absolute atomic E-state index is 12.9. The number of rotatable bonds is 64. The highest BCUT2D eigenvalue weighted by atomic mass is 16.6. The third-order valence-electron chi connectivity index (χ3n) is 15.5. The summed E-state index contributed by atoms with van der Waals surface area (Å²) in [6.45, 7) is 6.55. The van der Waals surface area contributed by atoms with Crippen LogP contribution in [0.3, 0.4) is 0 Å². The number of hydrogen-bond donors (Lipinski definition) is 0. The number of allylic oxidation sites excluding steroid dienone is 10. The summed E-state index contributed by atoms with van der Waals surface area (Å²) in [6.07, 6.45) is 86.9. The first-order chi connectivity index (χ1) is 39.0. The number of hydrogen-bond acceptors (Lipinski definition) is 6. The summed E-state index contributed by atoms with van der Waals surface area (Å²) in [5.74, 6) is -0.926. The van der Waals surface area contributed by atoms with Crippen molar-refractivity contribution in [2.75, 3.05) is 13.2 Å². The number of ether oxygens (including phenoxy) is 3. The Kier molecular flexibility index (Phi) is 65.1. The first kappa shape index (κ1) is 76.1. The molecule has 6 heteroatoms. The molecule has 6 nitrogen and oxygen atoms in total. The Balaban J connectivity index is 4.29. The van der Waals surface area contributed by atoms with Gasteiger partial charge in [0.2, 0.25) is 0 Å². The van der Waals surface area contributed by atoms with Gasteiger partial charge in [-0.25, -0.2) is 0 Å². The van der Waals surface area contributed by atoms with Gasteiger partial charge in [-0.1, -0.05) is 351 Å². The molecular weight excluding hydrogens is 973 g/mol. The van der Waals surface area contributed by atoms with E-state index in [9.17, 15) is 14.4 Å². The maximum Gasteiger partial charge on any atom is 0.306 e. The van der Waals surface area contributed by atoms with Crippen molar-refractivity contribution in [2.24, 2.45) is 0 Å². The van der Waals surface area contributed by atoms with Crippen LogP contribution in [0.25, 0.3) is 0 Å². The zero-order valence-electron chi connectivity index (χ0n) is 52.9. The standard InChI is InChI=1S/C73H132O6/c1-4-7-10-13-16-19-22-25-28-31-32-33-34-35-36-37-38-39-40-43-45-48-51-54-57-60-63-66-72(75)78-69-70(79-73(76)67-64-61-58-55-52-49-46-42-30-27-24-21-18-15-12-9-6-3)68-77-71(74)65-62-59-56-53-50-47-44-41-29-26-23-20-17-14-11-8-5-2/h9,12,18,21,27,30,46,49,55,58,70H,4-8,10-11,13-17,19-20,22-26,28-29,31-45,47-48,50-54,56-57,59-69H2,1-3H3/b12-9-,21-18-,30-27-,49-46-,58-55-. The van der Waals surface area contributed by atoms with E-state index in [1.165, 1.54) is 244 Å². The van der Waals surface area contributed by atoms with Crippen molar-refractivity contribution < 1.29 is 28.6 Å². The van der Waals surface area contributed by atoms with Gasteiger partial charge in [0.1, 0.15) is 13.2 Å². The predicted molar refractivity (Wildman–Crippen MR) is 344 cm³/mol. The zero-order chi connectivity index (χ0) is 57.1. The van der Waals surface area contributed by atoms with Gasteiger partial charge >= 0.3 is 17.9 Å². The van der Waals surface area contributed by atoms with Crippen LogP contribution in [0.15, 0.2) is 60.8 Å². The lowest BCUT2D eigenvalue weighted by Crippen LogP contribution is -2.30. The minimum Gasteiger partial charge on any atom is -0.462 e. The van der Waals surface area contributed by atoms with Gasteiger partial charge < -0.3 is 14.2 Å². The van der Waals surface area contributed by atoms with Gasteiger partial charge in [-0.15, -0.1) is 0 Å². The maximum atomic E-state index is 12.9. The Hall–Kier alpha value is -2.89. The van der Waals surface area contributed by atoms with E-state index in [1.54, 1.807) is 0 Å². The van der Waals surface area contributed by atoms with E-state index in [0.717, 1.165) is 77.0 Å². The fourth-order valence-corrected chi connectivity index (χ4v) is 10.4. The molecule has 79 heavy (non-hydrogen) atoms. The Morgan fingerprint density at radius 3 is 0.759 bits per heavy atom. The predicted octanol–water partition coefficient (Wildman–Crippen LogP) is 23.9. The van der Waals surface area contributed by atoms with Crippen LogP contribution in [0.2, 0.25) is 0 Å². The second-order valence-electron chi connectivity index (χ2n) is 23.4. The SMILES string of the molecule is CC/C=C\C/C=C\C/C=C\C/C=C\C/C=C\CCCC(=O)OC(COC(=O)CCCCCCCCCCCCCCCCCCC)COC(=O)CCCCCCCCCCCCCCCCCCCCCCCCCCCCC. The summed E-state index contributed by atoms with van der Waals surface area (Å²) in [6, 6.07) is 0. The van der Waals surface area contributed by atoms with Gasteiger partial charge in [0.25, 0.3) is 0 Å². The van der Waals surface area contributed by atoms with Gasteiger partial charge in [-0.05, 0) is 57.8 Å². The van der Waals surface area contributed by atoms with Crippen molar-refractivity contribution in [1.82, 2.24) is 0 Å². The Labute approximate surface area is 491 Å². The average molecular weight is 1110 g/mol. The lowest BCUT2D eigenvalue weighted by Gasteiger charge is -2.18. The third-order valence-corrected chi connectivity index (χ3v) is 15.5. The molecule has 0 spiro atoms. The highest BCUT2D eigenvalue weighted by Gasteiger charge is 2.19. The molecule has 0 aliphatic rings. The molecule has 1 atom stereocenters. The van der Waals surface area contributed by atoms with Gasteiger partial charge in [-0.2, -0.15) is 0 Å². The van der Waals surface area contributed by atoms with Gasteiger partial charge in [0.15, 0.2) is 6.10 Å². The van der Waals surface area contributed by atoms with Crippen molar-refractivity contribution in [3.8, 4) is 0 Å². The Bertz CT molecular complexity index is 1410. The van der Waals surface area contributed by atoms with Gasteiger partial charge in [0.05, 0.1) is 0 Å². The zero-order valence-corrected chi connectivity index (χ0v) is 52.9. The van der Waals surface area contributed by atoms with E-state index in [4.69, 9.17) is 14.2 Å². The molecule has 0 saturated heterocycles. The molecule has 0 aliphatic heterocycles. The quantitative estimate of drug-likeness (QED) is 0.0261. The summed E-state index contributed by atoms with van der Waals surface area (Å²) in [7, 11) is 0. The molecule has 0 heterocycles. The fraction of sp³-hybridized carbons (Fsp3) is 0.822. The molecule has 0 aromatic rings. The topological polar surface area (TPSA) is 78.9 Å². The molecule has 0 radical (unpaired) electrons. The molecule has 0 saturated carbocycles. The lowest BCUT2D eigenvalue weighted by atomic mass is 10.0. The summed E-state index contributed by atoms with van der Waals surface area (Å²) >= 11 is 0. The highest BCUT2D eigenvalue weighted by Crippen LogP contribution is 2.18. The van der Waals surface area contributed by atoms with Crippen molar-refractivity contribution in [3.05, 3.63) is 60.8 Å². The Morgan fingerprint density at radius 2 is 0.494 bits per heavy atom.